The second-order valence-electron chi connectivity index (χ2n) is 4.27. The van der Waals surface area contributed by atoms with E-state index >= 15 is 0 Å². The van der Waals surface area contributed by atoms with Gasteiger partial charge in [0.25, 0.3) is 0 Å². The third kappa shape index (κ3) is 2.39. The van der Waals surface area contributed by atoms with E-state index in [0.29, 0.717) is 11.6 Å². The van der Waals surface area contributed by atoms with Gasteiger partial charge < -0.3 is 10.7 Å². The van der Waals surface area contributed by atoms with Crippen LogP contribution in [-0.2, 0) is 6.54 Å². The number of halogens is 2. The van der Waals surface area contributed by atoms with Gasteiger partial charge in [-0.2, -0.15) is 0 Å². The van der Waals surface area contributed by atoms with Crippen molar-refractivity contribution in [2.75, 3.05) is 0 Å². The Labute approximate surface area is 123 Å². The average molecular weight is 337 g/mol. The van der Waals surface area contributed by atoms with Crippen molar-refractivity contribution >= 4 is 38.6 Å². The molecule has 5 heteroatoms. The molecule has 0 atom stereocenters. The van der Waals surface area contributed by atoms with E-state index in [9.17, 15) is 0 Å². The minimum atomic E-state index is 0.523. The molecule has 0 aliphatic rings. The first-order valence-corrected chi connectivity index (χ1v) is 6.98. The summed E-state index contributed by atoms with van der Waals surface area (Å²) in [6.07, 6.45) is 0. The molecular weight excluding hydrogens is 326 g/mol. The summed E-state index contributed by atoms with van der Waals surface area (Å²) in [5.41, 5.74) is 9.62. The van der Waals surface area contributed by atoms with Crippen molar-refractivity contribution in [3.63, 3.8) is 0 Å². The van der Waals surface area contributed by atoms with Crippen LogP contribution in [0.25, 0.3) is 22.4 Å². The van der Waals surface area contributed by atoms with Gasteiger partial charge in [-0.3, -0.25) is 0 Å². The maximum Gasteiger partial charge on any atom is 0.139 e. The van der Waals surface area contributed by atoms with Crippen molar-refractivity contribution in [1.29, 1.82) is 0 Å². The van der Waals surface area contributed by atoms with E-state index in [-0.39, 0.29) is 0 Å². The molecule has 96 valence electrons. The first kappa shape index (κ1) is 12.7. The van der Waals surface area contributed by atoms with Crippen LogP contribution in [0.4, 0.5) is 0 Å². The van der Waals surface area contributed by atoms with E-state index in [0.717, 1.165) is 32.5 Å². The van der Waals surface area contributed by atoms with E-state index < -0.39 is 0 Å². The van der Waals surface area contributed by atoms with Gasteiger partial charge in [0.15, 0.2) is 0 Å². The van der Waals surface area contributed by atoms with Crippen molar-refractivity contribution in [3.8, 4) is 11.4 Å². The van der Waals surface area contributed by atoms with Crippen LogP contribution in [0.5, 0.6) is 0 Å². The number of aromatic amines is 1. The standard InChI is InChI=1S/C14H11BrClN3/c15-11-6-9(16)2-3-10(11)14-18-12-4-1-8(7-17)5-13(12)19-14/h1-6H,7,17H2,(H,18,19). The number of hydrogen-bond acceptors (Lipinski definition) is 2. The molecule has 2 aromatic carbocycles. The fourth-order valence-electron chi connectivity index (χ4n) is 1.99. The lowest BCUT2D eigenvalue weighted by molar-refractivity contribution is 1.07. The Morgan fingerprint density at radius 2 is 2.05 bits per heavy atom. The molecule has 3 rings (SSSR count). The number of aromatic nitrogens is 2. The summed E-state index contributed by atoms with van der Waals surface area (Å²) in [6.45, 7) is 0.523. The lowest BCUT2D eigenvalue weighted by Gasteiger charge is -2.00. The molecule has 0 aliphatic heterocycles. The molecule has 0 radical (unpaired) electrons. The molecule has 0 saturated carbocycles. The maximum atomic E-state index is 5.95. The van der Waals surface area contributed by atoms with Crippen LogP contribution >= 0.6 is 27.5 Å². The SMILES string of the molecule is NCc1ccc2nc(-c3ccc(Cl)cc3Br)[nH]c2c1. The summed E-state index contributed by atoms with van der Waals surface area (Å²) in [5, 5.41) is 0.692. The van der Waals surface area contributed by atoms with Crippen LogP contribution in [0.1, 0.15) is 5.56 Å². The topological polar surface area (TPSA) is 54.7 Å². The van der Waals surface area contributed by atoms with E-state index in [2.05, 4.69) is 25.9 Å². The van der Waals surface area contributed by atoms with Crippen molar-refractivity contribution < 1.29 is 0 Å². The summed E-state index contributed by atoms with van der Waals surface area (Å²) in [5.74, 6) is 0.813. The van der Waals surface area contributed by atoms with Gasteiger partial charge in [-0.1, -0.05) is 17.7 Å². The minimum absolute atomic E-state index is 0.523. The molecule has 3 nitrogen and oxygen atoms in total. The summed E-state index contributed by atoms with van der Waals surface area (Å²) < 4.78 is 0.915. The minimum Gasteiger partial charge on any atom is -0.338 e. The van der Waals surface area contributed by atoms with Crippen LogP contribution in [0.15, 0.2) is 40.9 Å². The van der Waals surface area contributed by atoms with Crippen LogP contribution < -0.4 is 5.73 Å². The van der Waals surface area contributed by atoms with Crippen molar-refractivity contribution in [3.05, 3.63) is 51.5 Å². The monoisotopic (exact) mass is 335 g/mol. The second-order valence-corrected chi connectivity index (χ2v) is 5.56. The molecule has 0 amide bonds. The maximum absolute atomic E-state index is 5.95. The molecule has 3 N–H and O–H groups in total. The molecule has 0 unspecified atom stereocenters. The van der Waals surface area contributed by atoms with E-state index in [1.165, 1.54) is 0 Å². The van der Waals surface area contributed by atoms with E-state index in [1.54, 1.807) is 0 Å². The zero-order chi connectivity index (χ0) is 13.4. The highest BCUT2D eigenvalue weighted by Crippen LogP contribution is 2.30. The Hall–Kier alpha value is -1.36. The van der Waals surface area contributed by atoms with Crippen LogP contribution in [0.2, 0.25) is 5.02 Å². The highest BCUT2D eigenvalue weighted by Gasteiger charge is 2.09. The van der Waals surface area contributed by atoms with Crippen molar-refractivity contribution in [2.45, 2.75) is 6.54 Å². The lowest BCUT2D eigenvalue weighted by Crippen LogP contribution is -1.95. The number of hydrogen-bond donors (Lipinski definition) is 2. The Bertz CT molecular complexity index is 752. The summed E-state index contributed by atoms with van der Waals surface area (Å²) in [7, 11) is 0. The van der Waals surface area contributed by atoms with Crippen LogP contribution in [0, 0.1) is 0 Å². The van der Waals surface area contributed by atoms with Gasteiger partial charge in [-0.25, -0.2) is 4.98 Å². The number of H-pyrrole nitrogens is 1. The summed E-state index contributed by atoms with van der Waals surface area (Å²) in [6, 6.07) is 11.6. The van der Waals surface area contributed by atoms with Gasteiger partial charge in [-0.05, 0) is 51.8 Å². The van der Waals surface area contributed by atoms with Crippen molar-refractivity contribution in [1.82, 2.24) is 9.97 Å². The van der Waals surface area contributed by atoms with E-state index in [1.807, 2.05) is 36.4 Å². The lowest BCUT2D eigenvalue weighted by atomic mass is 10.2. The van der Waals surface area contributed by atoms with Crippen LogP contribution in [0.3, 0.4) is 0 Å². The number of imidazole rings is 1. The van der Waals surface area contributed by atoms with Gasteiger partial charge >= 0.3 is 0 Å². The molecule has 1 heterocycles. The fourth-order valence-corrected chi connectivity index (χ4v) is 2.86. The largest absolute Gasteiger partial charge is 0.338 e. The van der Waals surface area contributed by atoms with Crippen LogP contribution in [-0.4, -0.2) is 9.97 Å². The molecular formula is C14H11BrClN3. The van der Waals surface area contributed by atoms with Gasteiger partial charge in [0.2, 0.25) is 0 Å². The van der Waals surface area contributed by atoms with E-state index in [4.69, 9.17) is 17.3 Å². The fraction of sp³-hybridized carbons (Fsp3) is 0.0714. The molecule has 0 spiro atoms. The third-order valence-corrected chi connectivity index (χ3v) is 3.86. The van der Waals surface area contributed by atoms with Gasteiger partial charge in [0.05, 0.1) is 11.0 Å². The van der Waals surface area contributed by atoms with Gasteiger partial charge in [0.1, 0.15) is 5.82 Å². The number of nitrogens with two attached hydrogens (primary N) is 1. The number of benzene rings is 2. The quantitative estimate of drug-likeness (QED) is 0.740. The Morgan fingerprint density at radius 1 is 1.21 bits per heavy atom. The zero-order valence-corrected chi connectivity index (χ0v) is 12.3. The van der Waals surface area contributed by atoms with Gasteiger partial charge in [-0.15, -0.1) is 0 Å². The predicted octanol–water partition coefficient (Wildman–Crippen LogP) is 4.10. The Kier molecular flexibility index (Phi) is 3.31. The smallest absolute Gasteiger partial charge is 0.139 e. The summed E-state index contributed by atoms with van der Waals surface area (Å²) in [4.78, 5) is 7.89. The normalized spacial score (nSPS) is 11.1. The molecule has 0 fully saturated rings. The predicted molar refractivity (Wildman–Crippen MR) is 82.1 cm³/mol. The molecule has 0 aliphatic carbocycles. The summed E-state index contributed by atoms with van der Waals surface area (Å²) >= 11 is 9.45. The first-order chi connectivity index (χ1) is 9.17. The molecule has 1 aromatic heterocycles. The number of nitrogens with one attached hydrogen (secondary N) is 1. The zero-order valence-electron chi connectivity index (χ0n) is 9.95. The Morgan fingerprint density at radius 3 is 2.79 bits per heavy atom. The second kappa shape index (κ2) is 4.96. The molecule has 0 bridgehead atoms. The molecule has 3 aromatic rings. The van der Waals surface area contributed by atoms with Gasteiger partial charge in [0, 0.05) is 21.6 Å². The molecule has 19 heavy (non-hydrogen) atoms. The third-order valence-electron chi connectivity index (χ3n) is 2.97. The highest BCUT2D eigenvalue weighted by molar-refractivity contribution is 9.10. The Balaban J connectivity index is 2.14. The number of nitrogens with zero attached hydrogens (tertiary/aromatic N) is 1. The molecule has 0 saturated heterocycles. The average Bonchev–Trinajstić information content (AvgIpc) is 2.80. The highest BCUT2D eigenvalue weighted by atomic mass is 79.9. The number of fused-ring (bicyclic) bond motifs is 1. The van der Waals surface area contributed by atoms with Crippen molar-refractivity contribution in [2.24, 2.45) is 5.73 Å². The number of rotatable bonds is 2. The first-order valence-electron chi connectivity index (χ1n) is 5.81.